The fourth-order valence-electron chi connectivity index (χ4n) is 2.64. The predicted octanol–water partition coefficient (Wildman–Crippen LogP) is 4.56. The van der Waals surface area contributed by atoms with Gasteiger partial charge in [0.05, 0.1) is 5.75 Å². The summed E-state index contributed by atoms with van der Waals surface area (Å²) in [6.07, 6.45) is 0. The molecule has 4 nitrogen and oxygen atoms in total. The third-order valence-corrected chi connectivity index (χ3v) is 5.01. The Kier molecular flexibility index (Phi) is 6.49. The van der Waals surface area contributed by atoms with Gasteiger partial charge in [-0.3, -0.25) is 9.59 Å². The van der Waals surface area contributed by atoms with E-state index in [0.29, 0.717) is 5.69 Å². The Labute approximate surface area is 162 Å². The molecule has 5 heteroatoms. The molecular formula is C22H21NO3S. The van der Waals surface area contributed by atoms with Crippen molar-refractivity contribution < 1.29 is 14.3 Å². The van der Waals surface area contributed by atoms with Crippen LogP contribution in [0.2, 0.25) is 0 Å². The van der Waals surface area contributed by atoms with Crippen LogP contribution in [-0.2, 0) is 20.1 Å². The highest BCUT2D eigenvalue weighted by molar-refractivity contribution is 7.99. The number of benzene rings is 3. The summed E-state index contributed by atoms with van der Waals surface area (Å²) in [4.78, 5) is 23.9. The van der Waals surface area contributed by atoms with Crippen molar-refractivity contribution in [3.63, 3.8) is 0 Å². The average molecular weight is 379 g/mol. The van der Waals surface area contributed by atoms with Crippen molar-refractivity contribution in [1.29, 1.82) is 0 Å². The molecule has 0 aliphatic rings. The van der Waals surface area contributed by atoms with E-state index in [9.17, 15) is 9.59 Å². The molecule has 3 aromatic rings. The summed E-state index contributed by atoms with van der Waals surface area (Å²) in [5.74, 6) is 0.218. The zero-order valence-electron chi connectivity index (χ0n) is 15.1. The number of hydrogen-bond donors (Lipinski definition) is 1. The molecule has 3 aromatic carbocycles. The average Bonchev–Trinajstić information content (AvgIpc) is 2.68. The molecule has 0 aliphatic heterocycles. The normalized spacial score (nSPS) is 10.6. The molecule has 0 bridgehead atoms. The van der Waals surface area contributed by atoms with Gasteiger partial charge in [0.15, 0.2) is 6.61 Å². The van der Waals surface area contributed by atoms with Gasteiger partial charge in [0.1, 0.15) is 0 Å². The standard InChI is InChI=1S/C22H21NO3S/c1-16-9-11-17(12-10-16)14-27-15-22(25)26-13-21(24)23-20-8-4-6-18-5-2-3-7-19(18)20/h2-12H,13-15H2,1H3,(H,23,24). The molecule has 0 heterocycles. The van der Waals surface area contributed by atoms with Crippen LogP contribution in [0.1, 0.15) is 11.1 Å². The Bertz CT molecular complexity index is 932. The molecule has 138 valence electrons. The molecule has 0 saturated carbocycles. The van der Waals surface area contributed by atoms with Gasteiger partial charge >= 0.3 is 5.97 Å². The van der Waals surface area contributed by atoms with E-state index in [2.05, 4.69) is 5.32 Å². The summed E-state index contributed by atoms with van der Waals surface area (Å²) in [5.41, 5.74) is 3.08. The number of rotatable bonds is 7. The number of ether oxygens (including phenoxy) is 1. The number of carbonyl (C=O) groups is 2. The lowest BCUT2D eigenvalue weighted by Crippen LogP contribution is -2.21. The van der Waals surface area contributed by atoms with Crippen molar-refractivity contribution >= 4 is 40.1 Å². The maximum atomic E-state index is 12.1. The highest BCUT2D eigenvalue weighted by atomic mass is 32.2. The quantitative estimate of drug-likeness (QED) is 0.611. The molecule has 1 amide bonds. The monoisotopic (exact) mass is 379 g/mol. The SMILES string of the molecule is Cc1ccc(CSCC(=O)OCC(=O)Nc2cccc3ccccc23)cc1. The Balaban J connectivity index is 1.43. The van der Waals surface area contributed by atoms with Crippen molar-refractivity contribution in [2.24, 2.45) is 0 Å². The van der Waals surface area contributed by atoms with Gasteiger partial charge in [-0.15, -0.1) is 11.8 Å². The van der Waals surface area contributed by atoms with E-state index >= 15 is 0 Å². The lowest BCUT2D eigenvalue weighted by atomic mass is 10.1. The van der Waals surface area contributed by atoms with Gasteiger partial charge in [-0.25, -0.2) is 0 Å². The van der Waals surface area contributed by atoms with Crippen molar-refractivity contribution in [2.45, 2.75) is 12.7 Å². The minimum atomic E-state index is -0.389. The Morgan fingerprint density at radius 1 is 0.963 bits per heavy atom. The van der Waals surface area contributed by atoms with Crippen LogP contribution in [0.5, 0.6) is 0 Å². The van der Waals surface area contributed by atoms with E-state index in [0.717, 1.165) is 22.1 Å². The van der Waals surface area contributed by atoms with E-state index in [1.165, 1.54) is 17.3 Å². The molecule has 0 aromatic heterocycles. The summed E-state index contributed by atoms with van der Waals surface area (Å²) in [5, 5.41) is 4.80. The molecule has 0 unspecified atom stereocenters. The number of nitrogens with one attached hydrogen (secondary N) is 1. The first-order valence-electron chi connectivity index (χ1n) is 8.68. The van der Waals surface area contributed by atoms with Crippen molar-refractivity contribution in [2.75, 3.05) is 17.7 Å². The minimum absolute atomic E-state index is 0.218. The van der Waals surface area contributed by atoms with Gasteiger partial charge in [0.25, 0.3) is 5.91 Å². The van der Waals surface area contributed by atoms with Crippen LogP contribution in [0.25, 0.3) is 10.8 Å². The number of amides is 1. The minimum Gasteiger partial charge on any atom is -0.455 e. The van der Waals surface area contributed by atoms with Crippen LogP contribution in [0.15, 0.2) is 66.7 Å². The van der Waals surface area contributed by atoms with Crippen LogP contribution < -0.4 is 5.32 Å². The van der Waals surface area contributed by atoms with Crippen molar-refractivity contribution in [3.8, 4) is 0 Å². The topological polar surface area (TPSA) is 55.4 Å². The molecular weight excluding hydrogens is 358 g/mol. The molecule has 27 heavy (non-hydrogen) atoms. The molecule has 0 spiro atoms. The molecule has 0 fully saturated rings. The molecule has 0 atom stereocenters. The van der Waals surface area contributed by atoms with Crippen molar-refractivity contribution in [3.05, 3.63) is 77.9 Å². The van der Waals surface area contributed by atoms with Crippen LogP contribution in [0, 0.1) is 6.92 Å². The first-order valence-corrected chi connectivity index (χ1v) is 9.84. The van der Waals surface area contributed by atoms with E-state index in [4.69, 9.17) is 4.74 Å². The van der Waals surface area contributed by atoms with Crippen LogP contribution in [0.4, 0.5) is 5.69 Å². The van der Waals surface area contributed by atoms with Crippen molar-refractivity contribution in [1.82, 2.24) is 0 Å². The van der Waals surface area contributed by atoms with E-state index < -0.39 is 0 Å². The molecule has 0 aliphatic carbocycles. The Morgan fingerprint density at radius 2 is 1.70 bits per heavy atom. The molecule has 1 N–H and O–H groups in total. The van der Waals surface area contributed by atoms with Crippen LogP contribution in [-0.4, -0.2) is 24.2 Å². The smallest absolute Gasteiger partial charge is 0.316 e. The summed E-state index contributed by atoms with van der Waals surface area (Å²) >= 11 is 1.47. The van der Waals surface area contributed by atoms with Gasteiger partial charge in [-0.2, -0.15) is 0 Å². The third-order valence-electron chi connectivity index (χ3n) is 4.04. The van der Waals surface area contributed by atoms with Crippen LogP contribution >= 0.6 is 11.8 Å². The summed E-state index contributed by atoms with van der Waals surface area (Å²) < 4.78 is 5.07. The number of thioether (sulfide) groups is 1. The lowest BCUT2D eigenvalue weighted by molar-refractivity contribution is -0.144. The second-order valence-corrected chi connectivity index (χ2v) is 7.20. The number of aryl methyl sites for hydroxylation is 1. The first-order chi connectivity index (χ1) is 13.1. The maximum absolute atomic E-state index is 12.1. The van der Waals surface area contributed by atoms with E-state index in [-0.39, 0.29) is 24.2 Å². The number of esters is 1. The largest absolute Gasteiger partial charge is 0.455 e. The van der Waals surface area contributed by atoms with E-state index in [1.54, 1.807) is 0 Å². The summed E-state index contributed by atoms with van der Waals surface area (Å²) in [7, 11) is 0. The molecule has 0 radical (unpaired) electrons. The number of fused-ring (bicyclic) bond motifs is 1. The fourth-order valence-corrected chi connectivity index (χ4v) is 3.43. The van der Waals surface area contributed by atoms with Gasteiger partial charge in [-0.05, 0) is 23.9 Å². The Hall–Kier alpha value is -2.79. The zero-order chi connectivity index (χ0) is 19.1. The Morgan fingerprint density at radius 3 is 2.52 bits per heavy atom. The third kappa shape index (κ3) is 5.59. The van der Waals surface area contributed by atoms with Gasteiger partial charge in [0.2, 0.25) is 0 Å². The second kappa shape index (κ2) is 9.24. The second-order valence-electron chi connectivity index (χ2n) is 6.21. The number of hydrogen-bond acceptors (Lipinski definition) is 4. The molecule has 3 rings (SSSR count). The predicted molar refractivity (Wildman–Crippen MR) is 111 cm³/mol. The van der Waals surface area contributed by atoms with Gasteiger partial charge in [0, 0.05) is 16.8 Å². The van der Waals surface area contributed by atoms with Gasteiger partial charge in [-0.1, -0.05) is 66.2 Å². The van der Waals surface area contributed by atoms with Gasteiger partial charge < -0.3 is 10.1 Å². The summed E-state index contributed by atoms with van der Waals surface area (Å²) in [6, 6.07) is 21.7. The summed E-state index contributed by atoms with van der Waals surface area (Å²) in [6.45, 7) is 1.75. The lowest BCUT2D eigenvalue weighted by Gasteiger charge is -2.09. The zero-order valence-corrected chi connectivity index (χ0v) is 15.9. The molecule has 0 saturated heterocycles. The number of carbonyl (C=O) groups excluding carboxylic acids is 2. The van der Waals surface area contributed by atoms with E-state index in [1.807, 2.05) is 73.7 Å². The first kappa shape index (κ1) is 19.0. The maximum Gasteiger partial charge on any atom is 0.316 e. The van der Waals surface area contributed by atoms with Crippen LogP contribution in [0.3, 0.4) is 0 Å². The highest BCUT2D eigenvalue weighted by Crippen LogP contribution is 2.22. The fraction of sp³-hybridized carbons (Fsp3) is 0.182. The highest BCUT2D eigenvalue weighted by Gasteiger charge is 2.09. The number of anilines is 1.